The summed E-state index contributed by atoms with van der Waals surface area (Å²) in [4.78, 5) is 4.29. The lowest BCUT2D eigenvalue weighted by Gasteiger charge is -1.97. The molecule has 0 heterocycles. The van der Waals surface area contributed by atoms with Crippen molar-refractivity contribution in [3.05, 3.63) is 59.7 Å². The van der Waals surface area contributed by atoms with Gasteiger partial charge in [-0.2, -0.15) is 0 Å². The summed E-state index contributed by atoms with van der Waals surface area (Å²) in [5.41, 5.74) is 2.82. The molecule has 0 amide bonds. The van der Waals surface area contributed by atoms with E-state index in [9.17, 15) is 5.11 Å². The van der Waals surface area contributed by atoms with Crippen LogP contribution >= 0.6 is 0 Å². The lowest BCUT2D eigenvalue weighted by Crippen LogP contribution is -1.80. The maximum atomic E-state index is 9.54. The van der Waals surface area contributed by atoms with E-state index in [4.69, 9.17) is 0 Å². The van der Waals surface area contributed by atoms with Crippen LogP contribution in [0.3, 0.4) is 0 Å². The number of nitrogens with zero attached hydrogens (tertiary/aromatic N) is 1. The fourth-order valence-electron chi connectivity index (χ4n) is 1.37. The quantitative estimate of drug-likeness (QED) is 0.758. The summed E-state index contributed by atoms with van der Waals surface area (Å²) in [6.45, 7) is 2.04. The molecule has 2 aromatic rings. The molecule has 0 radical (unpaired) electrons. The third-order valence-corrected chi connectivity index (χ3v) is 2.32. The van der Waals surface area contributed by atoms with Gasteiger partial charge in [-0.1, -0.05) is 29.8 Å². The molecule has 2 heteroatoms. The van der Waals surface area contributed by atoms with Crippen molar-refractivity contribution in [3.8, 4) is 5.75 Å². The van der Waals surface area contributed by atoms with Crippen LogP contribution in [0.25, 0.3) is 0 Å². The van der Waals surface area contributed by atoms with Crippen LogP contribution in [0.15, 0.2) is 53.5 Å². The molecule has 0 aromatic heterocycles. The first-order valence-electron chi connectivity index (χ1n) is 5.14. The average Bonchev–Trinajstić information content (AvgIpc) is 2.30. The van der Waals surface area contributed by atoms with Crippen LogP contribution in [0.2, 0.25) is 0 Å². The molecule has 2 aromatic carbocycles. The van der Waals surface area contributed by atoms with Gasteiger partial charge in [-0.25, -0.2) is 0 Å². The monoisotopic (exact) mass is 211 g/mol. The van der Waals surface area contributed by atoms with Gasteiger partial charge in [0.2, 0.25) is 0 Å². The van der Waals surface area contributed by atoms with Crippen molar-refractivity contribution in [3.63, 3.8) is 0 Å². The van der Waals surface area contributed by atoms with Gasteiger partial charge >= 0.3 is 0 Å². The Labute approximate surface area is 94.9 Å². The molecule has 2 nitrogen and oxygen atoms in total. The van der Waals surface area contributed by atoms with Gasteiger partial charge in [0.15, 0.2) is 0 Å². The predicted molar refractivity (Wildman–Crippen MR) is 66.5 cm³/mol. The second kappa shape index (κ2) is 4.62. The number of rotatable bonds is 2. The molecule has 0 fully saturated rings. The summed E-state index contributed by atoms with van der Waals surface area (Å²) in [7, 11) is 0. The third kappa shape index (κ3) is 2.48. The minimum absolute atomic E-state index is 0.248. The van der Waals surface area contributed by atoms with Crippen LogP contribution in [0, 0.1) is 6.92 Å². The number of aryl methyl sites for hydroxylation is 1. The molecule has 80 valence electrons. The molecule has 0 bridgehead atoms. The summed E-state index contributed by atoms with van der Waals surface area (Å²) in [6, 6.07) is 15.1. The van der Waals surface area contributed by atoms with E-state index in [1.54, 1.807) is 18.3 Å². The van der Waals surface area contributed by atoms with Crippen LogP contribution < -0.4 is 0 Å². The molecule has 0 saturated carbocycles. The summed E-state index contributed by atoms with van der Waals surface area (Å²) < 4.78 is 0. The zero-order valence-corrected chi connectivity index (χ0v) is 9.09. The summed E-state index contributed by atoms with van der Waals surface area (Å²) >= 11 is 0. The van der Waals surface area contributed by atoms with Gasteiger partial charge < -0.3 is 5.11 Å². The zero-order valence-electron chi connectivity index (χ0n) is 9.09. The van der Waals surface area contributed by atoms with Gasteiger partial charge in [-0.05, 0) is 31.2 Å². The van der Waals surface area contributed by atoms with Gasteiger partial charge in [-0.3, -0.25) is 4.99 Å². The molecule has 0 atom stereocenters. The minimum Gasteiger partial charge on any atom is -0.507 e. The van der Waals surface area contributed by atoms with Crippen LogP contribution in [0.1, 0.15) is 11.1 Å². The van der Waals surface area contributed by atoms with Gasteiger partial charge in [-0.15, -0.1) is 0 Å². The molecular weight excluding hydrogens is 198 g/mol. The number of aliphatic imine (C=N–C) groups is 1. The van der Waals surface area contributed by atoms with Gasteiger partial charge in [0, 0.05) is 11.8 Å². The van der Waals surface area contributed by atoms with E-state index < -0.39 is 0 Å². The van der Waals surface area contributed by atoms with E-state index in [0.29, 0.717) is 0 Å². The Morgan fingerprint density at radius 2 is 1.69 bits per heavy atom. The van der Waals surface area contributed by atoms with Crippen LogP contribution in [-0.2, 0) is 0 Å². The van der Waals surface area contributed by atoms with E-state index in [2.05, 4.69) is 4.99 Å². The predicted octanol–water partition coefficient (Wildman–Crippen LogP) is 3.45. The first-order chi connectivity index (χ1) is 7.75. The number of phenolic OH excluding ortho intramolecular Hbond substituents is 1. The highest BCUT2D eigenvalue weighted by Gasteiger charge is 1.94. The highest BCUT2D eigenvalue weighted by Crippen LogP contribution is 2.16. The number of hydrogen-bond donors (Lipinski definition) is 1. The Morgan fingerprint density at radius 3 is 2.38 bits per heavy atom. The van der Waals surface area contributed by atoms with Crippen LogP contribution in [0.5, 0.6) is 5.75 Å². The Morgan fingerprint density at radius 1 is 1.00 bits per heavy atom. The first-order valence-corrected chi connectivity index (χ1v) is 5.14. The van der Waals surface area contributed by atoms with Gasteiger partial charge in [0.05, 0.1) is 5.69 Å². The lowest BCUT2D eigenvalue weighted by molar-refractivity contribution is 0.474. The zero-order chi connectivity index (χ0) is 11.4. The van der Waals surface area contributed by atoms with Crippen LogP contribution in [0.4, 0.5) is 5.69 Å². The first kappa shape index (κ1) is 10.4. The highest BCUT2D eigenvalue weighted by molar-refractivity contribution is 5.85. The Balaban J connectivity index is 2.21. The molecule has 0 aliphatic rings. The topological polar surface area (TPSA) is 32.6 Å². The molecule has 0 aliphatic carbocycles. The molecule has 2 rings (SSSR count). The molecular formula is C14H13NO. The SMILES string of the molecule is Cc1ccc(/N=C/c2ccccc2O)cc1. The van der Waals surface area contributed by atoms with E-state index in [1.165, 1.54) is 5.56 Å². The maximum absolute atomic E-state index is 9.54. The summed E-state index contributed by atoms with van der Waals surface area (Å²) in [5.74, 6) is 0.248. The van der Waals surface area contributed by atoms with Crippen molar-refractivity contribution < 1.29 is 5.11 Å². The maximum Gasteiger partial charge on any atom is 0.124 e. The van der Waals surface area contributed by atoms with E-state index >= 15 is 0 Å². The Kier molecular flexibility index (Phi) is 3.01. The fourth-order valence-corrected chi connectivity index (χ4v) is 1.37. The Bertz CT molecular complexity index is 500. The van der Waals surface area contributed by atoms with Crippen molar-refractivity contribution in [2.75, 3.05) is 0 Å². The number of phenols is 1. The van der Waals surface area contributed by atoms with Crippen molar-refractivity contribution in [1.82, 2.24) is 0 Å². The smallest absolute Gasteiger partial charge is 0.124 e. The Hall–Kier alpha value is -2.09. The standard InChI is InChI=1S/C14H13NO/c1-11-6-8-13(9-7-11)15-10-12-4-2-3-5-14(12)16/h2-10,16H,1H3/b15-10+. The summed E-state index contributed by atoms with van der Waals surface area (Å²) in [5, 5.41) is 9.54. The number of hydrogen-bond acceptors (Lipinski definition) is 2. The normalized spacial score (nSPS) is 10.8. The van der Waals surface area contributed by atoms with Crippen molar-refractivity contribution >= 4 is 11.9 Å². The fraction of sp³-hybridized carbons (Fsp3) is 0.0714. The molecule has 16 heavy (non-hydrogen) atoms. The van der Waals surface area contributed by atoms with Crippen molar-refractivity contribution in [2.24, 2.45) is 4.99 Å². The number of aromatic hydroxyl groups is 1. The second-order valence-electron chi connectivity index (χ2n) is 3.65. The van der Waals surface area contributed by atoms with Gasteiger partial charge in [0.25, 0.3) is 0 Å². The minimum atomic E-state index is 0.248. The average molecular weight is 211 g/mol. The van der Waals surface area contributed by atoms with Gasteiger partial charge in [0.1, 0.15) is 5.75 Å². The lowest BCUT2D eigenvalue weighted by atomic mass is 10.2. The highest BCUT2D eigenvalue weighted by atomic mass is 16.3. The van der Waals surface area contributed by atoms with E-state index in [-0.39, 0.29) is 5.75 Å². The molecule has 0 aliphatic heterocycles. The molecule has 1 N–H and O–H groups in total. The van der Waals surface area contributed by atoms with Crippen molar-refractivity contribution in [2.45, 2.75) is 6.92 Å². The largest absolute Gasteiger partial charge is 0.507 e. The number of benzene rings is 2. The molecule has 0 unspecified atom stereocenters. The third-order valence-electron chi connectivity index (χ3n) is 2.32. The van der Waals surface area contributed by atoms with Crippen molar-refractivity contribution in [1.29, 1.82) is 0 Å². The molecule has 0 spiro atoms. The number of para-hydroxylation sites is 1. The van der Waals surface area contributed by atoms with Crippen LogP contribution in [-0.4, -0.2) is 11.3 Å². The van der Waals surface area contributed by atoms with E-state index in [1.807, 2.05) is 43.3 Å². The van der Waals surface area contributed by atoms with E-state index in [0.717, 1.165) is 11.3 Å². The summed E-state index contributed by atoms with van der Waals surface area (Å²) in [6.07, 6.45) is 1.67. The molecule has 0 saturated heterocycles. The second-order valence-corrected chi connectivity index (χ2v) is 3.65.